The SMILES string of the molecule is Cc1ccc(-c2nn(-c3ccccc3)cc2C(=O)NCC2=CCNCC2)c(C)c1.Cl. The summed E-state index contributed by atoms with van der Waals surface area (Å²) in [6.07, 6.45) is 4.95. The highest BCUT2D eigenvalue weighted by molar-refractivity contribution is 6.00. The quantitative estimate of drug-likeness (QED) is 0.605. The number of hydrogen-bond donors (Lipinski definition) is 2. The van der Waals surface area contributed by atoms with E-state index in [2.05, 4.69) is 48.8 Å². The van der Waals surface area contributed by atoms with Gasteiger partial charge in [-0.1, -0.05) is 53.6 Å². The first-order valence-electron chi connectivity index (χ1n) is 10.0. The third-order valence-electron chi connectivity index (χ3n) is 5.25. The molecule has 1 aromatic heterocycles. The summed E-state index contributed by atoms with van der Waals surface area (Å²) in [6, 6.07) is 16.1. The molecular weight excluding hydrogens is 396 g/mol. The minimum atomic E-state index is -0.0958. The van der Waals surface area contributed by atoms with Gasteiger partial charge < -0.3 is 10.6 Å². The second-order valence-corrected chi connectivity index (χ2v) is 7.49. The summed E-state index contributed by atoms with van der Waals surface area (Å²) >= 11 is 0. The average molecular weight is 423 g/mol. The van der Waals surface area contributed by atoms with Gasteiger partial charge >= 0.3 is 0 Å². The molecule has 3 aromatic rings. The molecule has 0 aliphatic carbocycles. The van der Waals surface area contributed by atoms with E-state index in [4.69, 9.17) is 5.10 Å². The van der Waals surface area contributed by atoms with Crippen molar-refractivity contribution in [3.05, 3.63) is 83.1 Å². The molecule has 0 fully saturated rings. The second kappa shape index (κ2) is 9.74. The molecule has 1 aliphatic rings. The molecule has 0 spiro atoms. The molecular formula is C24H27ClN4O. The Bertz CT molecular complexity index is 1060. The van der Waals surface area contributed by atoms with Crippen molar-refractivity contribution in [3.63, 3.8) is 0 Å². The summed E-state index contributed by atoms with van der Waals surface area (Å²) in [5.41, 5.74) is 6.78. The molecule has 0 saturated carbocycles. The van der Waals surface area contributed by atoms with Crippen LogP contribution in [0, 0.1) is 13.8 Å². The highest BCUT2D eigenvalue weighted by Crippen LogP contribution is 2.27. The van der Waals surface area contributed by atoms with Gasteiger partial charge in [-0.2, -0.15) is 5.10 Å². The molecule has 156 valence electrons. The fourth-order valence-electron chi connectivity index (χ4n) is 3.65. The standard InChI is InChI=1S/C24H26N4O.ClH/c1-17-8-9-21(18(2)14-17)23-22(16-28(27-23)20-6-4-3-5-7-20)24(29)26-15-19-10-12-25-13-11-19;/h3-10,14,16,25H,11-13,15H2,1-2H3,(H,26,29);1H. The van der Waals surface area contributed by atoms with E-state index in [0.717, 1.165) is 36.3 Å². The van der Waals surface area contributed by atoms with Gasteiger partial charge in [-0.15, -0.1) is 12.4 Å². The molecule has 0 unspecified atom stereocenters. The normalized spacial score (nSPS) is 13.3. The number of amides is 1. The van der Waals surface area contributed by atoms with Crippen LogP contribution < -0.4 is 10.6 Å². The molecule has 30 heavy (non-hydrogen) atoms. The third kappa shape index (κ3) is 4.81. The summed E-state index contributed by atoms with van der Waals surface area (Å²) in [6.45, 7) is 6.53. The number of nitrogens with one attached hydrogen (secondary N) is 2. The van der Waals surface area contributed by atoms with Gasteiger partial charge in [-0.3, -0.25) is 4.79 Å². The Balaban J connectivity index is 0.00000256. The predicted molar refractivity (Wildman–Crippen MR) is 124 cm³/mol. The summed E-state index contributed by atoms with van der Waals surface area (Å²) in [4.78, 5) is 13.1. The first-order valence-corrected chi connectivity index (χ1v) is 10.0. The number of halogens is 1. The van der Waals surface area contributed by atoms with Gasteiger partial charge in [-0.05, 0) is 44.5 Å². The zero-order valence-electron chi connectivity index (χ0n) is 17.3. The summed E-state index contributed by atoms with van der Waals surface area (Å²) in [5.74, 6) is -0.0958. The van der Waals surface area contributed by atoms with Gasteiger partial charge in [0.05, 0.1) is 11.3 Å². The number of benzene rings is 2. The van der Waals surface area contributed by atoms with Crippen LogP contribution in [0.5, 0.6) is 0 Å². The lowest BCUT2D eigenvalue weighted by molar-refractivity contribution is 0.0957. The van der Waals surface area contributed by atoms with Crippen LogP contribution in [0.1, 0.15) is 27.9 Å². The molecule has 6 heteroatoms. The van der Waals surface area contributed by atoms with Gasteiger partial charge in [0.15, 0.2) is 0 Å². The third-order valence-corrected chi connectivity index (χ3v) is 5.25. The number of rotatable bonds is 5. The first-order chi connectivity index (χ1) is 14.1. The van der Waals surface area contributed by atoms with Crippen LogP contribution in [0.15, 0.2) is 66.4 Å². The smallest absolute Gasteiger partial charge is 0.255 e. The Kier molecular flexibility index (Phi) is 7.08. The van der Waals surface area contributed by atoms with Crippen LogP contribution >= 0.6 is 12.4 Å². The Morgan fingerprint density at radius 1 is 1.17 bits per heavy atom. The van der Waals surface area contributed by atoms with Crippen molar-refractivity contribution < 1.29 is 4.79 Å². The molecule has 2 heterocycles. The number of nitrogens with zero attached hydrogens (tertiary/aromatic N) is 2. The second-order valence-electron chi connectivity index (χ2n) is 7.49. The van der Waals surface area contributed by atoms with Crippen LogP contribution in [0.25, 0.3) is 16.9 Å². The molecule has 2 aromatic carbocycles. The zero-order chi connectivity index (χ0) is 20.2. The highest BCUT2D eigenvalue weighted by Gasteiger charge is 2.20. The lowest BCUT2D eigenvalue weighted by atomic mass is 10.0. The minimum absolute atomic E-state index is 0. The van der Waals surface area contributed by atoms with Crippen molar-refractivity contribution in [1.29, 1.82) is 0 Å². The topological polar surface area (TPSA) is 59.0 Å². The molecule has 0 atom stereocenters. The highest BCUT2D eigenvalue weighted by atomic mass is 35.5. The number of carbonyl (C=O) groups is 1. The number of hydrogen-bond acceptors (Lipinski definition) is 3. The summed E-state index contributed by atoms with van der Waals surface area (Å²) in [7, 11) is 0. The molecule has 4 rings (SSSR count). The lowest BCUT2D eigenvalue weighted by Crippen LogP contribution is -2.29. The number of para-hydroxylation sites is 1. The van der Waals surface area contributed by atoms with Crippen molar-refractivity contribution in [1.82, 2.24) is 20.4 Å². The molecule has 0 radical (unpaired) electrons. The van der Waals surface area contributed by atoms with E-state index in [9.17, 15) is 4.79 Å². The van der Waals surface area contributed by atoms with Crippen LogP contribution in [-0.4, -0.2) is 35.3 Å². The molecule has 2 N–H and O–H groups in total. The molecule has 0 bridgehead atoms. The summed E-state index contributed by atoms with van der Waals surface area (Å²) < 4.78 is 1.79. The van der Waals surface area contributed by atoms with Gasteiger partial charge in [0, 0.05) is 24.8 Å². The molecule has 0 saturated heterocycles. The Morgan fingerprint density at radius 2 is 1.97 bits per heavy atom. The maximum atomic E-state index is 13.1. The van der Waals surface area contributed by atoms with Crippen LogP contribution in [0.4, 0.5) is 0 Å². The fourth-order valence-corrected chi connectivity index (χ4v) is 3.65. The predicted octanol–water partition coefficient (Wildman–Crippen LogP) is 4.23. The van der Waals surface area contributed by atoms with Crippen molar-refractivity contribution in [2.75, 3.05) is 19.6 Å². The maximum Gasteiger partial charge on any atom is 0.255 e. The molecule has 1 amide bonds. The average Bonchev–Trinajstić information content (AvgIpc) is 3.19. The van der Waals surface area contributed by atoms with Gasteiger partial charge in [0.1, 0.15) is 5.69 Å². The molecule has 1 aliphatic heterocycles. The van der Waals surface area contributed by atoms with E-state index in [-0.39, 0.29) is 18.3 Å². The minimum Gasteiger partial charge on any atom is -0.348 e. The fraction of sp³-hybridized carbons (Fsp3) is 0.250. The van der Waals surface area contributed by atoms with E-state index in [1.54, 1.807) is 4.68 Å². The van der Waals surface area contributed by atoms with E-state index in [0.29, 0.717) is 17.8 Å². The van der Waals surface area contributed by atoms with Gasteiger partial charge in [0.2, 0.25) is 0 Å². The van der Waals surface area contributed by atoms with Crippen LogP contribution in [0.2, 0.25) is 0 Å². The van der Waals surface area contributed by atoms with E-state index in [1.165, 1.54) is 11.1 Å². The van der Waals surface area contributed by atoms with Crippen molar-refractivity contribution >= 4 is 18.3 Å². The first kappa shape index (κ1) is 21.8. The largest absolute Gasteiger partial charge is 0.348 e. The zero-order valence-corrected chi connectivity index (χ0v) is 18.1. The van der Waals surface area contributed by atoms with Crippen LogP contribution in [-0.2, 0) is 0 Å². The van der Waals surface area contributed by atoms with E-state index in [1.807, 2.05) is 36.5 Å². The van der Waals surface area contributed by atoms with Crippen molar-refractivity contribution in [3.8, 4) is 16.9 Å². The Morgan fingerprint density at radius 3 is 2.67 bits per heavy atom. The number of carbonyl (C=O) groups excluding carboxylic acids is 1. The maximum absolute atomic E-state index is 13.1. The van der Waals surface area contributed by atoms with Crippen molar-refractivity contribution in [2.45, 2.75) is 20.3 Å². The Hall–Kier alpha value is -2.89. The molecule has 5 nitrogen and oxygen atoms in total. The van der Waals surface area contributed by atoms with E-state index < -0.39 is 0 Å². The van der Waals surface area contributed by atoms with E-state index >= 15 is 0 Å². The monoisotopic (exact) mass is 422 g/mol. The van der Waals surface area contributed by atoms with Gasteiger partial charge in [-0.25, -0.2) is 4.68 Å². The Labute approximate surface area is 183 Å². The number of aryl methyl sites for hydroxylation is 2. The van der Waals surface area contributed by atoms with Gasteiger partial charge in [0.25, 0.3) is 5.91 Å². The van der Waals surface area contributed by atoms with Crippen molar-refractivity contribution in [2.24, 2.45) is 0 Å². The van der Waals surface area contributed by atoms with Crippen LogP contribution in [0.3, 0.4) is 0 Å². The summed E-state index contributed by atoms with van der Waals surface area (Å²) in [5, 5.41) is 11.2. The number of aromatic nitrogens is 2. The lowest BCUT2D eigenvalue weighted by Gasteiger charge is -2.14.